The third-order valence-corrected chi connectivity index (χ3v) is 3.48. The zero-order valence-corrected chi connectivity index (χ0v) is 12.3. The minimum atomic E-state index is 0.606. The summed E-state index contributed by atoms with van der Waals surface area (Å²) in [5.74, 6) is 1.52. The van der Waals surface area contributed by atoms with Gasteiger partial charge in [-0.3, -0.25) is 4.98 Å². The van der Waals surface area contributed by atoms with E-state index in [2.05, 4.69) is 19.8 Å². The highest BCUT2D eigenvalue weighted by molar-refractivity contribution is 5.37. The summed E-state index contributed by atoms with van der Waals surface area (Å²) in [5.41, 5.74) is 5.58. The first kappa shape index (κ1) is 15.0. The molecule has 1 aliphatic heterocycles. The molecule has 2 heterocycles. The number of aromatic nitrogens is 2. The number of rotatable bonds is 6. The third-order valence-electron chi connectivity index (χ3n) is 3.48. The second-order valence-corrected chi connectivity index (χ2v) is 4.97. The van der Waals surface area contributed by atoms with Gasteiger partial charge >= 0.3 is 0 Å². The van der Waals surface area contributed by atoms with E-state index in [1.165, 1.54) is 0 Å². The molecule has 6 nitrogen and oxygen atoms in total. The average Bonchev–Trinajstić information content (AvgIpc) is 2.71. The molecule has 0 bridgehead atoms. The van der Waals surface area contributed by atoms with E-state index in [0.29, 0.717) is 12.5 Å². The highest BCUT2D eigenvalue weighted by Crippen LogP contribution is 2.16. The molecule has 0 spiro atoms. The third kappa shape index (κ3) is 4.31. The van der Waals surface area contributed by atoms with Gasteiger partial charge in [0.1, 0.15) is 0 Å². The van der Waals surface area contributed by atoms with E-state index in [1.807, 2.05) is 13.1 Å². The van der Waals surface area contributed by atoms with Gasteiger partial charge in [0.2, 0.25) is 5.88 Å². The van der Waals surface area contributed by atoms with E-state index in [9.17, 15) is 0 Å². The van der Waals surface area contributed by atoms with E-state index in [-0.39, 0.29) is 0 Å². The molecule has 1 aliphatic rings. The van der Waals surface area contributed by atoms with Crippen molar-refractivity contribution < 1.29 is 4.74 Å². The van der Waals surface area contributed by atoms with E-state index in [1.54, 1.807) is 6.20 Å². The van der Waals surface area contributed by atoms with Crippen molar-refractivity contribution in [3.63, 3.8) is 0 Å². The van der Waals surface area contributed by atoms with Gasteiger partial charge in [0, 0.05) is 19.6 Å². The van der Waals surface area contributed by atoms with Crippen molar-refractivity contribution in [1.29, 1.82) is 0 Å². The molecule has 0 atom stereocenters. The zero-order chi connectivity index (χ0) is 14.2. The van der Waals surface area contributed by atoms with E-state index in [0.717, 1.165) is 57.9 Å². The molecule has 1 aromatic heterocycles. The van der Waals surface area contributed by atoms with Gasteiger partial charge in [-0.05, 0) is 39.4 Å². The first-order chi connectivity index (χ1) is 9.83. The van der Waals surface area contributed by atoms with E-state index in [4.69, 9.17) is 10.5 Å². The van der Waals surface area contributed by atoms with Crippen molar-refractivity contribution in [2.24, 2.45) is 5.73 Å². The lowest BCUT2D eigenvalue weighted by Gasteiger charge is -2.22. The fourth-order valence-corrected chi connectivity index (χ4v) is 2.45. The molecule has 2 rings (SSSR count). The van der Waals surface area contributed by atoms with Gasteiger partial charge in [0.15, 0.2) is 5.82 Å². The van der Waals surface area contributed by atoms with Crippen molar-refractivity contribution in [2.45, 2.75) is 19.8 Å². The maximum absolute atomic E-state index is 5.58. The summed E-state index contributed by atoms with van der Waals surface area (Å²) in [7, 11) is 0. The number of anilines is 1. The van der Waals surface area contributed by atoms with Crippen LogP contribution in [0.5, 0.6) is 5.88 Å². The van der Waals surface area contributed by atoms with Crippen LogP contribution in [-0.2, 0) is 0 Å². The van der Waals surface area contributed by atoms with Crippen molar-refractivity contribution in [3.05, 3.63) is 12.4 Å². The Balaban J connectivity index is 1.94. The first-order valence-electron chi connectivity index (χ1n) is 7.45. The van der Waals surface area contributed by atoms with Crippen molar-refractivity contribution in [1.82, 2.24) is 14.9 Å². The van der Waals surface area contributed by atoms with Crippen molar-refractivity contribution in [3.8, 4) is 5.88 Å². The monoisotopic (exact) mass is 279 g/mol. The van der Waals surface area contributed by atoms with Crippen LogP contribution in [0.2, 0.25) is 0 Å². The van der Waals surface area contributed by atoms with Crippen molar-refractivity contribution in [2.75, 3.05) is 50.8 Å². The topological polar surface area (TPSA) is 67.5 Å². The molecule has 0 amide bonds. The van der Waals surface area contributed by atoms with Gasteiger partial charge in [-0.2, -0.15) is 4.98 Å². The molecule has 2 N–H and O–H groups in total. The standard InChI is InChI=1S/C14H25N5O/c1-2-20-14-12-16-11-13(17-14)19-8-4-7-18(9-10-19)6-3-5-15/h11-12H,2-10,15H2,1H3. The number of nitrogens with two attached hydrogens (primary N) is 1. The molecule has 20 heavy (non-hydrogen) atoms. The van der Waals surface area contributed by atoms with Crippen LogP contribution in [0.3, 0.4) is 0 Å². The maximum Gasteiger partial charge on any atom is 0.234 e. The summed E-state index contributed by atoms with van der Waals surface area (Å²) < 4.78 is 5.42. The minimum absolute atomic E-state index is 0.606. The summed E-state index contributed by atoms with van der Waals surface area (Å²) in [6, 6.07) is 0. The Bertz CT molecular complexity index is 401. The van der Waals surface area contributed by atoms with E-state index < -0.39 is 0 Å². The van der Waals surface area contributed by atoms with Gasteiger partial charge in [-0.15, -0.1) is 0 Å². The quantitative estimate of drug-likeness (QED) is 0.828. The molecule has 0 radical (unpaired) electrons. The molecular weight excluding hydrogens is 254 g/mol. The lowest BCUT2D eigenvalue weighted by atomic mass is 10.3. The van der Waals surface area contributed by atoms with Crippen LogP contribution in [-0.4, -0.2) is 60.7 Å². The Morgan fingerprint density at radius 1 is 1.25 bits per heavy atom. The fraction of sp³-hybridized carbons (Fsp3) is 0.714. The molecule has 0 unspecified atom stereocenters. The molecule has 1 aromatic rings. The van der Waals surface area contributed by atoms with Gasteiger partial charge in [0.25, 0.3) is 0 Å². The Hall–Kier alpha value is -1.40. The number of nitrogens with zero attached hydrogens (tertiary/aromatic N) is 4. The van der Waals surface area contributed by atoms with Crippen LogP contribution in [0.25, 0.3) is 0 Å². The van der Waals surface area contributed by atoms with Crippen LogP contribution >= 0.6 is 0 Å². The van der Waals surface area contributed by atoms with Crippen LogP contribution in [0.1, 0.15) is 19.8 Å². The SMILES string of the molecule is CCOc1cncc(N2CCCN(CCCN)CC2)n1. The summed E-state index contributed by atoms with van der Waals surface area (Å²) >= 11 is 0. The normalized spacial score (nSPS) is 17.0. The highest BCUT2D eigenvalue weighted by Gasteiger charge is 2.16. The largest absolute Gasteiger partial charge is 0.477 e. The Morgan fingerprint density at radius 3 is 2.95 bits per heavy atom. The molecular formula is C14H25N5O. The van der Waals surface area contributed by atoms with Crippen LogP contribution < -0.4 is 15.4 Å². The van der Waals surface area contributed by atoms with Gasteiger partial charge in [-0.1, -0.05) is 0 Å². The first-order valence-corrected chi connectivity index (χ1v) is 7.45. The van der Waals surface area contributed by atoms with Crippen LogP contribution in [0.4, 0.5) is 5.82 Å². The number of hydrogen-bond donors (Lipinski definition) is 1. The molecule has 0 aromatic carbocycles. The number of hydrogen-bond acceptors (Lipinski definition) is 6. The predicted octanol–water partition coefficient (Wildman–Crippen LogP) is 0.736. The average molecular weight is 279 g/mol. The van der Waals surface area contributed by atoms with Gasteiger partial charge in [0.05, 0.1) is 19.0 Å². The molecule has 112 valence electrons. The number of ether oxygens (including phenoxy) is 1. The van der Waals surface area contributed by atoms with Crippen LogP contribution in [0, 0.1) is 0 Å². The molecule has 0 saturated carbocycles. The lowest BCUT2D eigenvalue weighted by molar-refractivity contribution is 0.291. The van der Waals surface area contributed by atoms with Gasteiger partial charge in [-0.25, -0.2) is 0 Å². The highest BCUT2D eigenvalue weighted by atomic mass is 16.5. The summed E-state index contributed by atoms with van der Waals surface area (Å²) in [6.07, 6.45) is 5.70. The Labute approximate surface area is 120 Å². The minimum Gasteiger partial charge on any atom is -0.477 e. The van der Waals surface area contributed by atoms with E-state index >= 15 is 0 Å². The summed E-state index contributed by atoms with van der Waals surface area (Å²) in [4.78, 5) is 13.5. The summed E-state index contributed by atoms with van der Waals surface area (Å²) in [5, 5.41) is 0. The van der Waals surface area contributed by atoms with Gasteiger partial charge < -0.3 is 20.3 Å². The Kier molecular flexibility index (Phi) is 6.01. The second kappa shape index (κ2) is 8.01. The zero-order valence-electron chi connectivity index (χ0n) is 12.3. The second-order valence-electron chi connectivity index (χ2n) is 4.97. The maximum atomic E-state index is 5.58. The molecule has 1 saturated heterocycles. The fourth-order valence-electron chi connectivity index (χ4n) is 2.45. The lowest BCUT2D eigenvalue weighted by Crippen LogP contribution is -2.32. The molecule has 6 heteroatoms. The molecule has 1 fully saturated rings. The predicted molar refractivity (Wildman–Crippen MR) is 80.1 cm³/mol. The smallest absolute Gasteiger partial charge is 0.234 e. The Morgan fingerprint density at radius 2 is 2.15 bits per heavy atom. The molecule has 0 aliphatic carbocycles. The van der Waals surface area contributed by atoms with Crippen LogP contribution in [0.15, 0.2) is 12.4 Å². The summed E-state index contributed by atoms with van der Waals surface area (Å²) in [6.45, 7) is 8.62. The van der Waals surface area contributed by atoms with Crippen molar-refractivity contribution >= 4 is 5.82 Å².